The van der Waals surface area contributed by atoms with Gasteiger partial charge in [0, 0.05) is 35.0 Å². The third kappa shape index (κ3) is 4.87. The number of piperidine rings is 1. The van der Waals surface area contributed by atoms with Crippen LogP contribution >= 0.6 is 11.8 Å². The Morgan fingerprint density at radius 1 is 1.30 bits per heavy atom. The molecule has 0 saturated carbocycles. The molecule has 1 saturated heterocycles. The van der Waals surface area contributed by atoms with Crippen LogP contribution in [0.3, 0.4) is 0 Å². The van der Waals surface area contributed by atoms with Crippen LogP contribution in [-0.2, 0) is 0 Å². The van der Waals surface area contributed by atoms with E-state index in [2.05, 4.69) is 5.32 Å². The van der Waals surface area contributed by atoms with Gasteiger partial charge < -0.3 is 10.2 Å². The van der Waals surface area contributed by atoms with Crippen LogP contribution in [0.5, 0.6) is 0 Å². The van der Waals surface area contributed by atoms with Gasteiger partial charge >= 0.3 is 0 Å². The van der Waals surface area contributed by atoms with Crippen molar-refractivity contribution in [2.75, 3.05) is 26.7 Å². The molecule has 2 aromatic carbocycles. The Morgan fingerprint density at radius 2 is 2.07 bits per heavy atom. The van der Waals surface area contributed by atoms with Crippen molar-refractivity contribution in [3.63, 3.8) is 0 Å². The molecule has 0 aliphatic carbocycles. The Kier molecular flexibility index (Phi) is 6.47. The third-order valence-corrected chi connectivity index (χ3v) is 5.76. The van der Waals surface area contributed by atoms with E-state index < -0.39 is 4.92 Å². The SMILES string of the molecule is CNCC1CCCN(C(=O)c2cc([N+](=O)[O-])ccc2Sc2ccccc2)C1. The molecule has 3 rings (SSSR count). The molecule has 1 amide bonds. The highest BCUT2D eigenvalue weighted by Crippen LogP contribution is 2.33. The van der Waals surface area contributed by atoms with Crippen LogP contribution in [-0.4, -0.2) is 42.4 Å². The highest BCUT2D eigenvalue weighted by atomic mass is 32.2. The molecule has 6 nitrogen and oxygen atoms in total. The van der Waals surface area contributed by atoms with Crippen molar-refractivity contribution < 1.29 is 9.72 Å². The number of nitrogens with zero attached hydrogens (tertiary/aromatic N) is 2. The maximum Gasteiger partial charge on any atom is 0.270 e. The van der Waals surface area contributed by atoms with Gasteiger partial charge in [0.05, 0.1) is 10.5 Å². The zero-order chi connectivity index (χ0) is 19.2. The van der Waals surface area contributed by atoms with Crippen LogP contribution in [0.4, 0.5) is 5.69 Å². The minimum absolute atomic E-state index is 0.0560. The van der Waals surface area contributed by atoms with E-state index in [0.29, 0.717) is 24.6 Å². The van der Waals surface area contributed by atoms with Crippen LogP contribution in [0.25, 0.3) is 0 Å². The Morgan fingerprint density at radius 3 is 2.78 bits per heavy atom. The molecule has 27 heavy (non-hydrogen) atoms. The molecule has 0 bridgehead atoms. The Hall–Kier alpha value is -2.38. The molecule has 0 aromatic heterocycles. The Balaban J connectivity index is 1.89. The van der Waals surface area contributed by atoms with E-state index >= 15 is 0 Å². The number of nitro groups is 1. The average Bonchev–Trinajstić information content (AvgIpc) is 2.69. The van der Waals surface area contributed by atoms with Gasteiger partial charge in [0.1, 0.15) is 0 Å². The summed E-state index contributed by atoms with van der Waals surface area (Å²) in [6.45, 7) is 2.24. The first kappa shape index (κ1) is 19.4. The fourth-order valence-electron chi connectivity index (χ4n) is 3.38. The van der Waals surface area contributed by atoms with E-state index in [1.807, 2.05) is 42.3 Å². The molecule has 0 radical (unpaired) electrons. The van der Waals surface area contributed by atoms with Gasteiger partial charge in [-0.15, -0.1) is 0 Å². The minimum atomic E-state index is -0.451. The zero-order valence-electron chi connectivity index (χ0n) is 15.3. The fraction of sp³-hybridized carbons (Fsp3) is 0.350. The maximum absolute atomic E-state index is 13.2. The van der Waals surface area contributed by atoms with E-state index in [4.69, 9.17) is 0 Å². The summed E-state index contributed by atoms with van der Waals surface area (Å²) < 4.78 is 0. The van der Waals surface area contributed by atoms with Gasteiger partial charge in [-0.3, -0.25) is 14.9 Å². The van der Waals surface area contributed by atoms with Crippen LogP contribution in [0.1, 0.15) is 23.2 Å². The highest BCUT2D eigenvalue weighted by Gasteiger charge is 2.27. The molecule has 1 heterocycles. The van der Waals surface area contributed by atoms with Crippen molar-refractivity contribution in [3.05, 3.63) is 64.2 Å². The van der Waals surface area contributed by atoms with Gasteiger partial charge in [-0.1, -0.05) is 30.0 Å². The largest absolute Gasteiger partial charge is 0.338 e. The summed E-state index contributed by atoms with van der Waals surface area (Å²) in [5.41, 5.74) is 0.350. The summed E-state index contributed by atoms with van der Waals surface area (Å²) in [7, 11) is 1.91. The normalized spacial score (nSPS) is 16.9. The highest BCUT2D eigenvalue weighted by molar-refractivity contribution is 7.99. The molecule has 0 spiro atoms. The standard InChI is InChI=1S/C20H23N3O3S/c1-21-13-15-6-5-11-22(14-15)20(24)18-12-16(23(25)26)9-10-19(18)27-17-7-3-2-4-8-17/h2-4,7-10,12,15,21H,5-6,11,13-14H2,1H3. The second kappa shape index (κ2) is 9.01. The molecular weight excluding hydrogens is 362 g/mol. The first-order valence-corrected chi connectivity index (χ1v) is 9.85. The molecule has 2 aromatic rings. The van der Waals surface area contributed by atoms with Crippen molar-refractivity contribution in [2.45, 2.75) is 22.6 Å². The van der Waals surface area contributed by atoms with E-state index in [-0.39, 0.29) is 11.6 Å². The van der Waals surface area contributed by atoms with Crippen molar-refractivity contribution in [1.82, 2.24) is 10.2 Å². The van der Waals surface area contributed by atoms with Gasteiger partial charge in [-0.2, -0.15) is 0 Å². The predicted molar refractivity (Wildman–Crippen MR) is 106 cm³/mol. The number of hydrogen-bond acceptors (Lipinski definition) is 5. The number of nitrogens with one attached hydrogen (secondary N) is 1. The number of amides is 1. The lowest BCUT2D eigenvalue weighted by atomic mass is 9.97. The lowest BCUT2D eigenvalue weighted by molar-refractivity contribution is -0.384. The number of nitro benzene ring substituents is 1. The maximum atomic E-state index is 13.2. The summed E-state index contributed by atoms with van der Waals surface area (Å²) in [6.07, 6.45) is 2.04. The van der Waals surface area contributed by atoms with E-state index in [1.54, 1.807) is 6.07 Å². The second-order valence-electron chi connectivity index (χ2n) is 6.67. The topological polar surface area (TPSA) is 75.5 Å². The number of rotatable bonds is 6. The molecule has 142 valence electrons. The van der Waals surface area contributed by atoms with E-state index in [9.17, 15) is 14.9 Å². The number of carbonyl (C=O) groups is 1. The Bertz CT molecular complexity index is 811. The average molecular weight is 385 g/mol. The molecule has 1 aliphatic rings. The summed E-state index contributed by atoms with van der Waals surface area (Å²) in [5.74, 6) is 0.287. The van der Waals surface area contributed by atoms with Gasteiger partial charge in [0.15, 0.2) is 0 Å². The monoisotopic (exact) mass is 385 g/mol. The molecule has 1 unspecified atom stereocenters. The van der Waals surface area contributed by atoms with Crippen molar-refractivity contribution in [2.24, 2.45) is 5.92 Å². The van der Waals surface area contributed by atoms with Crippen molar-refractivity contribution in [3.8, 4) is 0 Å². The summed E-state index contributed by atoms with van der Waals surface area (Å²) in [4.78, 5) is 27.5. The third-order valence-electron chi connectivity index (χ3n) is 4.67. The molecular formula is C20H23N3O3S. The van der Waals surface area contributed by atoms with Gasteiger partial charge in [0.2, 0.25) is 0 Å². The van der Waals surface area contributed by atoms with E-state index in [1.165, 1.54) is 23.9 Å². The van der Waals surface area contributed by atoms with Gasteiger partial charge in [-0.05, 0) is 50.6 Å². The lowest BCUT2D eigenvalue weighted by Gasteiger charge is -2.33. The molecule has 1 atom stereocenters. The number of hydrogen-bond donors (Lipinski definition) is 1. The summed E-state index contributed by atoms with van der Waals surface area (Å²) in [6, 6.07) is 14.3. The molecule has 7 heteroatoms. The summed E-state index contributed by atoms with van der Waals surface area (Å²) in [5, 5.41) is 14.4. The molecule has 1 aliphatic heterocycles. The lowest BCUT2D eigenvalue weighted by Crippen LogP contribution is -2.42. The smallest absolute Gasteiger partial charge is 0.270 e. The van der Waals surface area contributed by atoms with Crippen LogP contribution in [0.15, 0.2) is 58.3 Å². The van der Waals surface area contributed by atoms with Crippen molar-refractivity contribution >= 4 is 23.4 Å². The van der Waals surface area contributed by atoms with Gasteiger partial charge in [0.25, 0.3) is 11.6 Å². The Labute approximate surface area is 163 Å². The van der Waals surface area contributed by atoms with Crippen LogP contribution in [0.2, 0.25) is 0 Å². The van der Waals surface area contributed by atoms with Crippen LogP contribution < -0.4 is 5.32 Å². The fourth-order valence-corrected chi connectivity index (χ4v) is 4.32. The molecule has 1 fully saturated rings. The quantitative estimate of drug-likeness (QED) is 0.604. The number of likely N-dealkylation sites (tertiary alicyclic amines) is 1. The van der Waals surface area contributed by atoms with Gasteiger partial charge in [-0.25, -0.2) is 0 Å². The number of non-ortho nitro benzene ring substituents is 1. The number of benzene rings is 2. The predicted octanol–water partition coefficient (Wildman–Crippen LogP) is 3.82. The molecule has 1 N–H and O–H groups in total. The van der Waals surface area contributed by atoms with E-state index in [0.717, 1.165) is 29.2 Å². The van der Waals surface area contributed by atoms with Crippen molar-refractivity contribution in [1.29, 1.82) is 0 Å². The first-order valence-electron chi connectivity index (χ1n) is 9.03. The van der Waals surface area contributed by atoms with Crippen LogP contribution in [0, 0.1) is 16.0 Å². The first-order chi connectivity index (χ1) is 13.1. The minimum Gasteiger partial charge on any atom is -0.338 e. The number of carbonyl (C=O) groups excluding carboxylic acids is 1. The second-order valence-corrected chi connectivity index (χ2v) is 7.79. The summed E-state index contributed by atoms with van der Waals surface area (Å²) >= 11 is 1.46. The zero-order valence-corrected chi connectivity index (χ0v) is 16.1.